The van der Waals surface area contributed by atoms with Crippen LogP contribution in [0.25, 0.3) is 6.08 Å². The van der Waals surface area contributed by atoms with Crippen molar-refractivity contribution in [3.63, 3.8) is 0 Å². The van der Waals surface area contributed by atoms with E-state index in [9.17, 15) is 9.59 Å². The van der Waals surface area contributed by atoms with Crippen LogP contribution in [0.15, 0.2) is 48.5 Å². The Kier molecular flexibility index (Phi) is 8.15. The third-order valence-electron chi connectivity index (χ3n) is 9.37. The van der Waals surface area contributed by atoms with Crippen molar-refractivity contribution in [2.45, 2.75) is 70.4 Å². The van der Waals surface area contributed by atoms with E-state index in [2.05, 4.69) is 19.2 Å². The number of ketones is 1. The van der Waals surface area contributed by atoms with E-state index in [1.807, 2.05) is 6.92 Å². The fraction of sp³-hybridized carbons (Fsp3) is 0.500. The number of benzene rings is 2. The van der Waals surface area contributed by atoms with Crippen molar-refractivity contribution < 1.29 is 33.6 Å². The molecule has 8 atom stereocenters. The van der Waals surface area contributed by atoms with E-state index in [1.165, 1.54) is 6.08 Å². The number of carbonyl (C=O) groups excluding carboxylic acids is 2. The second-order valence-corrected chi connectivity index (χ2v) is 12.9. The first kappa shape index (κ1) is 29.6. The summed E-state index contributed by atoms with van der Waals surface area (Å²) in [5.41, 5.74) is 0.360. The van der Waals surface area contributed by atoms with Crippen LogP contribution >= 0.6 is 23.2 Å². The summed E-state index contributed by atoms with van der Waals surface area (Å²) < 4.78 is 18.5. The minimum Gasteiger partial charge on any atom is -0.484 e. The molecule has 4 heterocycles. The van der Waals surface area contributed by atoms with Crippen LogP contribution in [0.1, 0.15) is 62.4 Å². The maximum atomic E-state index is 13.0. The number of nitrogens with one attached hydrogen (secondary N) is 1. The molecular formula is C32H35Cl2NO7. The largest absolute Gasteiger partial charge is 0.484 e. The molecule has 2 bridgehead atoms. The van der Waals surface area contributed by atoms with Crippen LogP contribution in [0.4, 0.5) is 0 Å². The lowest BCUT2D eigenvalue weighted by Crippen LogP contribution is -2.72. The monoisotopic (exact) mass is 615 g/mol. The maximum absolute atomic E-state index is 13.0. The molecule has 5 fully saturated rings. The van der Waals surface area contributed by atoms with Crippen molar-refractivity contribution >= 4 is 41.0 Å². The van der Waals surface area contributed by atoms with Crippen molar-refractivity contribution in [2.75, 3.05) is 6.61 Å². The van der Waals surface area contributed by atoms with Gasteiger partial charge in [-0.3, -0.25) is 9.59 Å². The van der Waals surface area contributed by atoms with E-state index in [0.717, 1.165) is 25.7 Å². The van der Waals surface area contributed by atoms with Crippen LogP contribution in [-0.4, -0.2) is 42.2 Å². The summed E-state index contributed by atoms with van der Waals surface area (Å²) in [6.45, 7) is 6.02. The quantitative estimate of drug-likeness (QED) is 0.213. The number of halogens is 2. The molecule has 10 heteroatoms. The van der Waals surface area contributed by atoms with Crippen LogP contribution < -0.4 is 10.1 Å². The minimum absolute atomic E-state index is 0.0196. The van der Waals surface area contributed by atoms with E-state index in [4.69, 9.17) is 47.2 Å². The predicted octanol–water partition coefficient (Wildman–Crippen LogP) is 6.59. The fourth-order valence-electron chi connectivity index (χ4n) is 7.06. The predicted molar refractivity (Wildman–Crippen MR) is 157 cm³/mol. The highest BCUT2D eigenvalue weighted by molar-refractivity contribution is 6.37. The molecule has 8 nitrogen and oxygen atoms in total. The van der Waals surface area contributed by atoms with Crippen molar-refractivity contribution in [2.24, 2.45) is 23.7 Å². The van der Waals surface area contributed by atoms with Gasteiger partial charge in [0.2, 0.25) is 5.79 Å². The highest BCUT2D eigenvalue weighted by Crippen LogP contribution is 2.60. The SMILES string of the molecule is C[C@H]1[C@@H](NC(=O)COc2ccc(C(=O)/C=C/c3c(Cl)cccc3Cl)cc2)O[C@@H]2O[C@]3(C)CC[C@H]4[C@H](C)CC[C@@H]1[C@@]24OO3. The van der Waals surface area contributed by atoms with Crippen molar-refractivity contribution in [1.29, 1.82) is 0 Å². The van der Waals surface area contributed by atoms with Gasteiger partial charge in [-0.25, -0.2) is 9.78 Å². The summed E-state index contributed by atoms with van der Waals surface area (Å²) in [6, 6.07) is 11.7. The summed E-state index contributed by atoms with van der Waals surface area (Å²) >= 11 is 12.3. The van der Waals surface area contributed by atoms with Gasteiger partial charge in [0.25, 0.3) is 5.91 Å². The second kappa shape index (κ2) is 11.6. The Morgan fingerprint density at radius 3 is 2.50 bits per heavy atom. The average molecular weight is 617 g/mol. The Morgan fingerprint density at radius 2 is 1.76 bits per heavy atom. The second-order valence-electron chi connectivity index (χ2n) is 12.0. The summed E-state index contributed by atoms with van der Waals surface area (Å²) in [5.74, 6) is -0.131. The lowest BCUT2D eigenvalue weighted by Gasteiger charge is -2.60. The first-order chi connectivity index (χ1) is 20.1. The molecule has 4 aliphatic heterocycles. The van der Waals surface area contributed by atoms with Gasteiger partial charge in [0.05, 0.1) is 0 Å². The molecule has 1 spiro atoms. The molecule has 42 heavy (non-hydrogen) atoms. The van der Waals surface area contributed by atoms with Crippen LogP contribution in [0.2, 0.25) is 10.0 Å². The van der Waals surface area contributed by atoms with Gasteiger partial charge >= 0.3 is 0 Å². The first-order valence-electron chi connectivity index (χ1n) is 14.5. The number of hydrogen-bond acceptors (Lipinski definition) is 7. The zero-order chi connectivity index (χ0) is 29.6. The standard InChI is InChI=1S/C32H35Cl2NO7/c1-18-7-13-24-19(2)29(39-30-32(24)23(18)15-16-31(3,40-30)41-42-32)35-28(37)17-38-21-10-8-20(9-11-21)27(36)14-12-22-25(33)5-4-6-26(22)34/h4-6,8-12,14,18-19,23-24,29-30H,7,13,15-17H2,1-3H3,(H,35,37)/b14-12+/t18-,19-,23+,24+,29+,30-,31+,32-/m1/s1. The van der Waals surface area contributed by atoms with Gasteiger partial charge in [-0.05, 0) is 86.6 Å². The summed E-state index contributed by atoms with van der Waals surface area (Å²) in [5, 5.41) is 3.92. The number of amides is 1. The number of fused-ring (bicyclic) bond motifs is 2. The van der Waals surface area contributed by atoms with E-state index < -0.39 is 23.9 Å². The van der Waals surface area contributed by atoms with E-state index in [-0.39, 0.29) is 36.1 Å². The number of rotatable bonds is 7. The maximum Gasteiger partial charge on any atom is 0.259 e. The molecule has 1 saturated carbocycles. The minimum atomic E-state index is -0.874. The average Bonchev–Trinajstić information content (AvgIpc) is 3.20. The molecule has 1 aliphatic carbocycles. The van der Waals surface area contributed by atoms with Crippen molar-refractivity contribution in [3.8, 4) is 5.75 Å². The molecular weight excluding hydrogens is 581 g/mol. The third-order valence-corrected chi connectivity index (χ3v) is 10.0. The molecule has 5 aliphatic rings. The summed E-state index contributed by atoms with van der Waals surface area (Å²) in [4.78, 5) is 37.6. The molecule has 4 saturated heterocycles. The Hall–Kier alpha value is -2.46. The Labute approximate surface area is 255 Å². The third kappa shape index (κ3) is 5.38. The molecule has 1 N–H and O–H groups in total. The lowest BCUT2D eigenvalue weighted by molar-refractivity contribution is -0.571. The zero-order valence-electron chi connectivity index (χ0n) is 23.8. The van der Waals surface area contributed by atoms with E-state index in [1.54, 1.807) is 48.5 Å². The van der Waals surface area contributed by atoms with Crippen molar-refractivity contribution in [3.05, 3.63) is 69.7 Å². The summed E-state index contributed by atoms with van der Waals surface area (Å²) in [6.07, 6.45) is 5.52. The van der Waals surface area contributed by atoms with Crippen LogP contribution in [0.3, 0.4) is 0 Å². The van der Waals surface area contributed by atoms with Gasteiger partial charge < -0.3 is 19.5 Å². The fourth-order valence-corrected chi connectivity index (χ4v) is 7.58. The van der Waals surface area contributed by atoms with Gasteiger partial charge in [0.15, 0.2) is 24.3 Å². The Morgan fingerprint density at radius 1 is 1.02 bits per heavy atom. The molecule has 0 radical (unpaired) electrons. The molecule has 0 aromatic heterocycles. The van der Waals surface area contributed by atoms with Crippen LogP contribution in [0, 0.1) is 23.7 Å². The summed E-state index contributed by atoms with van der Waals surface area (Å²) in [7, 11) is 0. The van der Waals surface area contributed by atoms with Gasteiger partial charge in [0, 0.05) is 39.4 Å². The Bertz CT molecular complexity index is 1360. The molecule has 7 rings (SSSR count). The van der Waals surface area contributed by atoms with Gasteiger partial charge in [-0.15, -0.1) is 0 Å². The van der Waals surface area contributed by atoms with Gasteiger partial charge in [0.1, 0.15) is 12.0 Å². The molecule has 224 valence electrons. The molecule has 2 aromatic carbocycles. The lowest BCUT2D eigenvalue weighted by atomic mass is 9.58. The van der Waals surface area contributed by atoms with Crippen LogP contribution in [0.5, 0.6) is 5.75 Å². The van der Waals surface area contributed by atoms with Crippen LogP contribution in [-0.2, 0) is 24.0 Å². The number of ether oxygens (including phenoxy) is 3. The topological polar surface area (TPSA) is 92.3 Å². The van der Waals surface area contributed by atoms with Crippen molar-refractivity contribution in [1.82, 2.24) is 5.32 Å². The molecule has 0 unspecified atom stereocenters. The van der Waals surface area contributed by atoms with E-state index >= 15 is 0 Å². The smallest absolute Gasteiger partial charge is 0.259 e. The number of hydrogen-bond donors (Lipinski definition) is 1. The van der Waals surface area contributed by atoms with Gasteiger partial charge in [-0.2, -0.15) is 0 Å². The highest BCUT2D eigenvalue weighted by atomic mass is 35.5. The molecule has 1 amide bonds. The molecule has 2 aromatic rings. The first-order valence-corrected chi connectivity index (χ1v) is 15.2. The van der Waals surface area contributed by atoms with Gasteiger partial charge in [-0.1, -0.05) is 43.1 Å². The number of allylic oxidation sites excluding steroid dienone is 1. The highest BCUT2D eigenvalue weighted by Gasteiger charge is 2.69. The normalized spacial score (nSPS) is 35.4. The Balaban J connectivity index is 1.06. The number of carbonyl (C=O) groups is 2. The zero-order valence-corrected chi connectivity index (χ0v) is 25.3. The van der Waals surface area contributed by atoms with E-state index in [0.29, 0.717) is 32.8 Å².